The fourth-order valence-corrected chi connectivity index (χ4v) is 2.19. The molecule has 2 N–H and O–H groups in total. The summed E-state index contributed by atoms with van der Waals surface area (Å²) in [5.41, 5.74) is 8.15. The van der Waals surface area contributed by atoms with E-state index >= 15 is 0 Å². The van der Waals surface area contributed by atoms with Crippen LogP contribution < -0.4 is 5.73 Å². The van der Waals surface area contributed by atoms with Crippen LogP contribution >= 0.6 is 27.5 Å². The molecule has 0 radical (unpaired) electrons. The summed E-state index contributed by atoms with van der Waals surface area (Å²) < 4.78 is 1.06. The van der Waals surface area contributed by atoms with Gasteiger partial charge in [-0.15, -0.1) is 0 Å². The highest BCUT2D eigenvalue weighted by atomic mass is 79.9. The van der Waals surface area contributed by atoms with E-state index in [1.54, 1.807) is 6.20 Å². The lowest BCUT2D eigenvalue weighted by Crippen LogP contribution is -2.14. The van der Waals surface area contributed by atoms with Gasteiger partial charge in [-0.3, -0.25) is 4.98 Å². The Labute approximate surface area is 114 Å². The van der Waals surface area contributed by atoms with E-state index in [-0.39, 0.29) is 6.04 Å². The number of hydrogen-bond acceptors (Lipinski definition) is 2. The molecule has 2 rings (SSSR count). The minimum atomic E-state index is -0.110. The van der Waals surface area contributed by atoms with Gasteiger partial charge in [-0.2, -0.15) is 0 Å². The van der Waals surface area contributed by atoms with Gasteiger partial charge in [-0.1, -0.05) is 39.7 Å². The summed E-state index contributed by atoms with van der Waals surface area (Å²) in [5, 5.41) is 0.628. The predicted molar refractivity (Wildman–Crippen MR) is 74.0 cm³/mol. The zero-order valence-corrected chi connectivity index (χ0v) is 11.4. The first-order valence-electron chi connectivity index (χ1n) is 5.26. The maximum atomic E-state index is 6.11. The van der Waals surface area contributed by atoms with Gasteiger partial charge in [0.25, 0.3) is 0 Å². The second-order valence-electron chi connectivity index (χ2n) is 3.84. The van der Waals surface area contributed by atoms with Gasteiger partial charge in [0.1, 0.15) is 0 Å². The van der Waals surface area contributed by atoms with Crippen molar-refractivity contribution in [2.45, 2.75) is 12.5 Å². The second kappa shape index (κ2) is 5.63. The highest BCUT2D eigenvalue weighted by Crippen LogP contribution is 2.18. The van der Waals surface area contributed by atoms with Gasteiger partial charge in [-0.05, 0) is 36.2 Å². The Balaban J connectivity index is 2.11. The lowest BCUT2D eigenvalue weighted by Gasteiger charge is -2.11. The molecule has 1 unspecified atom stereocenters. The third-order valence-corrected chi connectivity index (χ3v) is 3.19. The van der Waals surface area contributed by atoms with Gasteiger partial charge in [0.15, 0.2) is 0 Å². The molecule has 88 valence electrons. The van der Waals surface area contributed by atoms with Crippen LogP contribution in [-0.4, -0.2) is 4.98 Å². The quantitative estimate of drug-likeness (QED) is 0.938. The average molecular weight is 312 g/mol. The normalized spacial score (nSPS) is 12.4. The van der Waals surface area contributed by atoms with Gasteiger partial charge >= 0.3 is 0 Å². The van der Waals surface area contributed by atoms with Gasteiger partial charge in [-0.25, -0.2) is 0 Å². The van der Waals surface area contributed by atoms with Crippen LogP contribution in [0.3, 0.4) is 0 Å². The minimum Gasteiger partial charge on any atom is -0.322 e. The van der Waals surface area contributed by atoms with E-state index in [0.717, 1.165) is 16.6 Å². The highest BCUT2D eigenvalue weighted by molar-refractivity contribution is 9.10. The molecule has 0 saturated heterocycles. The number of nitrogens with zero attached hydrogens (tertiary/aromatic N) is 1. The van der Waals surface area contributed by atoms with E-state index in [2.05, 4.69) is 33.0 Å². The molecule has 1 atom stereocenters. The third-order valence-electron chi connectivity index (χ3n) is 2.47. The summed E-state index contributed by atoms with van der Waals surface area (Å²) in [7, 11) is 0. The Morgan fingerprint density at radius 3 is 2.76 bits per heavy atom. The van der Waals surface area contributed by atoms with Crippen LogP contribution in [-0.2, 0) is 6.42 Å². The average Bonchev–Trinajstić information content (AvgIpc) is 2.29. The van der Waals surface area contributed by atoms with Crippen LogP contribution in [0.25, 0.3) is 0 Å². The lowest BCUT2D eigenvalue weighted by molar-refractivity contribution is 0.696. The summed E-state index contributed by atoms with van der Waals surface area (Å²) in [6, 6.07) is 11.7. The van der Waals surface area contributed by atoms with Gasteiger partial charge in [0.05, 0.1) is 16.8 Å². The van der Waals surface area contributed by atoms with Crippen molar-refractivity contribution in [3.63, 3.8) is 0 Å². The molecule has 17 heavy (non-hydrogen) atoms. The Hall–Kier alpha value is -0.900. The Morgan fingerprint density at radius 1 is 1.29 bits per heavy atom. The van der Waals surface area contributed by atoms with E-state index < -0.39 is 0 Å². The highest BCUT2D eigenvalue weighted by Gasteiger charge is 2.08. The van der Waals surface area contributed by atoms with Crippen molar-refractivity contribution in [2.24, 2.45) is 5.73 Å². The molecule has 2 nitrogen and oxygen atoms in total. The SMILES string of the molecule is NC(Cc1cccc(Br)c1)c1ccc(Cl)cn1. The molecule has 0 saturated carbocycles. The van der Waals surface area contributed by atoms with Crippen molar-refractivity contribution in [1.29, 1.82) is 0 Å². The second-order valence-corrected chi connectivity index (χ2v) is 5.19. The minimum absolute atomic E-state index is 0.110. The summed E-state index contributed by atoms with van der Waals surface area (Å²) >= 11 is 9.23. The van der Waals surface area contributed by atoms with Crippen molar-refractivity contribution >= 4 is 27.5 Å². The molecule has 2 aromatic rings. The molecule has 0 fully saturated rings. The molecular formula is C13H12BrClN2. The maximum Gasteiger partial charge on any atom is 0.0589 e. The Kier molecular flexibility index (Phi) is 4.15. The number of halogens is 2. The van der Waals surface area contributed by atoms with Gasteiger partial charge in [0.2, 0.25) is 0 Å². The van der Waals surface area contributed by atoms with Crippen molar-refractivity contribution in [3.05, 3.63) is 63.3 Å². The zero-order valence-electron chi connectivity index (χ0n) is 9.11. The molecule has 0 amide bonds. The molecule has 0 aliphatic heterocycles. The van der Waals surface area contributed by atoms with E-state index in [9.17, 15) is 0 Å². The van der Waals surface area contributed by atoms with E-state index in [4.69, 9.17) is 17.3 Å². The van der Waals surface area contributed by atoms with Crippen LogP contribution in [0.5, 0.6) is 0 Å². The first-order chi connectivity index (χ1) is 8.15. The fraction of sp³-hybridized carbons (Fsp3) is 0.154. The molecule has 0 aliphatic carbocycles. The fourth-order valence-electron chi connectivity index (χ4n) is 1.63. The molecule has 0 bridgehead atoms. The van der Waals surface area contributed by atoms with Crippen LogP contribution in [0.4, 0.5) is 0 Å². The predicted octanol–water partition coefficient (Wildman–Crippen LogP) is 3.74. The molecule has 1 aromatic heterocycles. The number of benzene rings is 1. The van der Waals surface area contributed by atoms with Crippen molar-refractivity contribution in [1.82, 2.24) is 4.98 Å². The molecular weight excluding hydrogens is 300 g/mol. The molecule has 0 spiro atoms. The summed E-state index contributed by atoms with van der Waals surface area (Å²) in [6.07, 6.45) is 2.38. The van der Waals surface area contributed by atoms with Gasteiger partial charge < -0.3 is 5.73 Å². The standard InChI is InChI=1S/C13H12BrClN2/c14-10-3-1-2-9(6-10)7-12(16)13-5-4-11(15)8-17-13/h1-6,8,12H,7,16H2. The monoisotopic (exact) mass is 310 g/mol. The summed E-state index contributed by atoms with van der Waals surface area (Å²) in [5.74, 6) is 0. The van der Waals surface area contributed by atoms with Crippen LogP contribution in [0.1, 0.15) is 17.3 Å². The summed E-state index contributed by atoms with van der Waals surface area (Å²) in [4.78, 5) is 4.23. The van der Waals surface area contributed by atoms with E-state index in [1.807, 2.05) is 24.3 Å². The summed E-state index contributed by atoms with van der Waals surface area (Å²) in [6.45, 7) is 0. The van der Waals surface area contributed by atoms with E-state index in [1.165, 1.54) is 5.56 Å². The van der Waals surface area contributed by atoms with Crippen molar-refractivity contribution in [3.8, 4) is 0 Å². The smallest absolute Gasteiger partial charge is 0.0589 e. The van der Waals surface area contributed by atoms with Crippen molar-refractivity contribution in [2.75, 3.05) is 0 Å². The number of hydrogen-bond donors (Lipinski definition) is 1. The Morgan fingerprint density at radius 2 is 2.12 bits per heavy atom. The van der Waals surface area contributed by atoms with E-state index in [0.29, 0.717) is 5.02 Å². The number of pyridine rings is 1. The molecule has 1 heterocycles. The van der Waals surface area contributed by atoms with Crippen molar-refractivity contribution < 1.29 is 0 Å². The number of rotatable bonds is 3. The number of aromatic nitrogens is 1. The third kappa shape index (κ3) is 3.53. The van der Waals surface area contributed by atoms with Gasteiger partial charge in [0, 0.05) is 10.7 Å². The molecule has 1 aromatic carbocycles. The van der Waals surface area contributed by atoms with Crippen LogP contribution in [0, 0.1) is 0 Å². The molecule has 4 heteroatoms. The Bertz CT molecular complexity index is 499. The van der Waals surface area contributed by atoms with Crippen LogP contribution in [0.2, 0.25) is 5.02 Å². The largest absolute Gasteiger partial charge is 0.322 e. The first-order valence-corrected chi connectivity index (χ1v) is 6.44. The molecule has 0 aliphatic rings. The first kappa shape index (κ1) is 12.6. The van der Waals surface area contributed by atoms with Crippen LogP contribution in [0.15, 0.2) is 47.1 Å². The number of nitrogens with two attached hydrogens (primary N) is 1. The topological polar surface area (TPSA) is 38.9 Å². The lowest BCUT2D eigenvalue weighted by atomic mass is 10.0. The maximum absolute atomic E-state index is 6.11. The zero-order chi connectivity index (χ0) is 12.3.